The molecule has 2 rings (SSSR count). The summed E-state index contributed by atoms with van der Waals surface area (Å²) >= 11 is 0. The van der Waals surface area contributed by atoms with Crippen molar-refractivity contribution in [3.63, 3.8) is 0 Å². The first-order chi connectivity index (χ1) is 7.50. The summed E-state index contributed by atoms with van der Waals surface area (Å²) in [5.41, 5.74) is 2.88. The van der Waals surface area contributed by atoms with Crippen molar-refractivity contribution >= 4 is 11.0 Å². The average molecular weight is 213 g/mol. The second-order valence-corrected chi connectivity index (χ2v) is 4.85. The quantitative estimate of drug-likeness (QED) is 0.833. The normalized spacial score (nSPS) is 11.6. The Morgan fingerprint density at radius 2 is 2.19 bits per heavy atom. The number of aryl methyl sites for hydroxylation is 1. The van der Waals surface area contributed by atoms with Crippen LogP contribution < -0.4 is 0 Å². The van der Waals surface area contributed by atoms with E-state index < -0.39 is 0 Å². The minimum Gasteiger partial charge on any atom is -0.342 e. The first-order valence-corrected chi connectivity index (χ1v) is 5.37. The van der Waals surface area contributed by atoms with E-state index in [0.29, 0.717) is 0 Å². The lowest BCUT2D eigenvalue weighted by Gasteiger charge is -2.14. The molecule has 0 atom stereocenters. The first-order valence-electron chi connectivity index (χ1n) is 5.37. The number of benzene rings is 1. The number of rotatable bonds is 2. The molecule has 16 heavy (non-hydrogen) atoms. The summed E-state index contributed by atoms with van der Waals surface area (Å²) in [6, 6.07) is 8.44. The Kier molecular flexibility index (Phi) is 2.43. The molecule has 1 aromatic carbocycles. The van der Waals surface area contributed by atoms with Crippen LogP contribution in [0.25, 0.3) is 11.0 Å². The summed E-state index contributed by atoms with van der Waals surface area (Å²) in [6.45, 7) is 5.85. The fraction of sp³-hybridized carbons (Fsp3) is 0.385. The standard InChI is InChI=1S/C13H15N3/c1-9-15-11-5-4-10(6-12(11)16-9)7-13(2,3)8-14/h4-6H,7H2,1-3H3,(H,15,16). The van der Waals surface area contributed by atoms with Gasteiger partial charge in [-0.1, -0.05) is 6.07 Å². The van der Waals surface area contributed by atoms with Gasteiger partial charge >= 0.3 is 0 Å². The number of nitrogens with one attached hydrogen (secondary N) is 1. The number of aromatic amines is 1. The van der Waals surface area contributed by atoms with Crippen molar-refractivity contribution in [3.05, 3.63) is 29.6 Å². The Labute approximate surface area is 95.1 Å². The third-order valence-corrected chi connectivity index (χ3v) is 2.61. The van der Waals surface area contributed by atoms with Crippen molar-refractivity contribution in [2.75, 3.05) is 0 Å². The van der Waals surface area contributed by atoms with E-state index >= 15 is 0 Å². The van der Waals surface area contributed by atoms with Gasteiger partial charge in [0.1, 0.15) is 5.82 Å². The number of hydrogen-bond acceptors (Lipinski definition) is 2. The highest BCUT2D eigenvalue weighted by Gasteiger charge is 2.17. The van der Waals surface area contributed by atoms with Gasteiger partial charge in [-0.05, 0) is 44.9 Å². The maximum Gasteiger partial charge on any atom is 0.104 e. The van der Waals surface area contributed by atoms with Gasteiger partial charge in [0.05, 0.1) is 22.5 Å². The van der Waals surface area contributed by atoms with Gasteiger partial charge in [0.25, 0.3) is 0 Å². The van der Waals surface area contributed by atoms with Gasteiger partial charge in [-0.25, -0.2) is 4.98 Å². The molecule has 0 saturated heterocycles. The molecule has 0 bridgehead atoms. The molecule has 0 unspecified atom stereocenters. The lowest BCUT2D eigenvalue weighted by atomic mass is 9.87. The van der Waals surface area contributed by atoms with Gasteiger partial charge in [-0.15, -0.1) is 0 Å². The molecule has 3 heteroatoms. The molecule has 0 fully saturated rings. The van der Waals surface area contributed by atoms with E-state index in [2.05, 4.69) is 22.1 Å². The number of nitrogens with zero attached hydrogens (tertiary/aromatic N) is 2. The minimum absolute atomic E-state index is 0.317. The monoisotopic (exact) mass is 213 g/mol. The summed E-state index contributed by atoms with van der Waals surface area (Å²) in [5.74, 6) is 0.923. The van der Waals surface area contributed by atoms with E-state index in [9.17, 15) is 0 Å². The largest absolute Gasteiger partial charge is 0.342 e. The highest BCUT2D eigenvalue weighted by atomic mass is 14.9. The predicted molar refractivity (Wildman–Crippen MR) is 63.9 cm³/mol. The van der Waals surface area contributed by atoms with Crippen molar-refractivity contribution in [1.29, 1.82) is 5.26 Å². The van der Waals surface area contributed by atoms with Crippen LogP contribution in [0.3, 0.4) is 0 Å². The van der Waals surface area contributed by atoms with E-state index in [-0.39, 0.29) is 5.41 Å². The second kappa shape index (κ2) is 3.64. The minimum atomic E-state index is -0.317. The fourth-order valence-electron chi connectivity index (χ4n) is 1.84. The van der Waals surface area contributed by atoms with Crippen LogP contribution in [-0.2, 0) is 6.42 Å². The third kappa shape index (κ3) is 2.06. The Morgan fingerprint density at radius 3 is 2.88 bits per heavy atom. The van der Waals surface area contributed by atoms with Crippen molar-refractivity contribution in [3.8, 4) is 6.07 Å². The summed E-state index contributed by atoms with van der Waals surface area (Å²) in [7, 11) is 0. The van der Waals surface area contributed by atoms with E-state index in [1.807, 2.05) is 32.9 Å². The molecule has 1 heterocycles. The zero-order valence-electron chi connectivity index (χ0n) is 9.83. The van der Waals surface area contributed by atoms with Gasteiger partial charge in [0, 0.05) is 0 Å². The zero-order chi connectivity index (χ0) is 11.8. The molecule has 0 amide bonds. The van der Waals surface area contributed by atoms with Crippen LogP contribution in [0.2, 0.25) is 0 Å². The van der Waals surface area contributed by atoms with Gasteiger partial charge in [0.2, 0.25) is 0 Å². The number of nitriles is 1. The Hall–Kier alpha value is -1.82. The molecular formula is C13H15N3. The van der Waals surface area contributed by atoms with Crippen molar-refractivity contribution in [1.82, 2.24) is 9.97 Å². The Balaban J connectivity index is 2.37. The average Bonchev–Trinajstić information content (AvgIpc) is 2.57. The molecular weight excluding hydrogens is 198 g/mol. The maximum atomic E-state index is 9.00. The molecule has 0 aliphatic carbocycles. The van der Waals surface area contributed by atoms with Crippen molar-refractivity contribution < 1.29 is 0 Å². The van der Waals surface area contributed by atoms with Crippen LogP contribution in [0.15, 0.2) is 18.2 Å². The number of fused-ring (bicyclic) bond motifs is 1. The maximum absolute atomic E-state index is 9.00. The fourth-order valence-corrected chi connectivity index (χ4v) is 1.84. The highest BCUT2D eigenvalue weighted by molar-refractivity contribution is 5.75. The van der Waals surface area contributed by atoms with E-state index in [4.69, 9.17) is 5.26 Å². The van der Waals surface area contributed by atoms with Crippen LogP contribution in [0, 0.1) is 23.7 Å². The first kappa shape index (κ1) is 10.7. The highest BCUT2D eigenvalue weighted by Crippen LogP contribution is 2.22. The van der Waals surface area contributed by atoms with Gasteiger partial charge < -0.3 is 4.98 Å². The summed E-state index contributed by atoms with van der Waals surface area (Å²) in [5, 5.41) is 9.00. The third-order valence-electron chi connectivity index (χ3n) is 2.61. The smallest absolute Gasteiger partial charge is 0.104 e. The number of aromatic nitrogens is 2. The van der Waals surface area contributed by atoms with Gasteiger partial charge in [-0.2, -0.15) is 5.26 Å². The number of hydrogen-bond donors (Lipinski definition) is 1. The molecule has 0 aliphatic heterocycles. The predicted octanol–water partition coefficient (Wildman–Crippen LogP) is 2.96. The molecule has 0 spiro atoms. The summed E-state index contributed by atoms with van der Waals surface area (Å²) < 4.78 is 0. The molecule has 1 N–H and O–H groups in total. The number of imidazole rings is 1. The van der Waals surface area contributed by atoms with Crippen molar-refractivity contribution in [2.45, 2.75) is 27.2 Å². The molecule has 0 radical (unpaired) electrons. The molecule has 82 valence electrons. The molecule has 2 aromatic rings. The van der Waals surface area contributed by atoms with Crippen LogP contribution in [0.5, 0.6) is 0 Å². The van der Waals surface area contributed by atoms with Crippen LogP contribution in [0.4, 0.5) is 0 Å². The topological polar surface area (TPSA) is 52.5 Å². The van der Waals surface area contributed by atoms with Crippen LogP contribution >= 0.6 is 0 Å². The van der Waals surface area contributed by atoms with Gasteiger partial charge in [-0.3, -0.25) is 0 Å². The molecule has 0 aliphatic rings. The molecule has 0 saturated carbocycles. The lowest BCUT2D eigenvalue weighted by Crippen LogP contribution is -2.11. The Morgan fingerprint density at radius 1 is 1.44 bits per heavy atom. The van der Waals surface area contributed by atoms with Gasteiger partial charge in [0.15, 0.2) is 0 Å². The van der Waals surface area contributed by atoms with E-state index in [1.165, 1.54) is 5.56 Å². The van der Waals surface area contributed by atoms with Crippen LogP contribution in [-0.4, -0.2) is 9.97 Å². The molecule has 3 nitrogen and oxygen atoms in total. The molecule has 1 aromatic heterocycles. The summed E-state index contributed by atoms with van der Waals surface area (Å²) in [6.07, 6.45) is 0.761. The Bertz CT molecular complexity index is 558. The summed E-state index contributed by atoms with van der Waals surface area (Å²) in [4.78, 5) is 7.56. The van der Waals surface area contributed by atoms with E-state index in [1.54, 1.807) is 0 Å². The lowest BCUT2D eigenvalue weighted by molar-refractivity contribution is 0.494. The number of H-pyrrole nitrogens is 1. The zero-order valence-corrected chi connectivity index (χ0v) is 9.83. The second-order valence-electron chi connectivity index (χ2n) is 4.85. The van der Waals surface area contributed by atoms with Crippen molar-refractivity contribution in [2.24, 2.45) is 5.41 Å². The van der Waals surface area contributed by atoms with E-state index in [0.717, 1.165) is 23.3 Å². The SMILES string of the molecule is Cc1nc2ccc(CC(C)(C)C#N)cc2[nH]1. The van der Waals surface area contributed by atoms with Crippen LogP contribution in [0.1, 0.15) is 25.2 Å².